The summed E-state index contributed by atoms with van der Waals surface area (Å²) in [4.78, 5) is 51.1. The lowest BCUT2D eigenvalue weighted by Crippen LogP contribution is -2.55. The fraction of sp³-hybridized carbons (Fsp3) is 0.325. The molecule has 0 saturated heterocycles. The smallest absolute Gasteiger partial charge is 0.407 e. The topological polar surface area (TPSA) is 146 Å². The largest absolute Gasteiger partial charge is 0.444 e. The van der Waals surface area contributed by atoms with Gasteiger partial charge < -0.3 is 30.7 Å². The number of amides is 4. The van der Waals surface area contributed by atoms with Crippen LogP contribution in [-0.4, -0.2) is 69.3 Å². The van der Waals surface area contributed by atoms with E-state index in [0.717, 1.165) is 21.6 Å². The van der Waals surface area contributed by atoms with Crippen molar-refractivity contribution in [1.82, 2.24) is 30.8 Å². The normalized spacial score (nSPS) is 13.4. The summed E-state index contributed by atoms with van der Waals surface area (Å²) in [6.07, 6.45) is 0.700. The van der Waals surface area contributed by atoms with Crippen molar-refractivity contribution in [3.05, 3.63) is 130 Å². The maximum Gasteiger partial charge on any atom is 0.407 e. The lowest BCUT2D eigenvalue weighted by molar-refractivity contribution is -0.124. The average Bonchev–Trinajstić information content (AvgIpc) is 3.86. The van der Waals surface area contributed by atoms with E-state index >= 15 is 0 Å². The number of ether oxygens (including phenoxy) is 1. The molecule has 2 heterocycles. The molecule has 4 N–H and O–H groups in total. The van der Waals surface area contributed by atoms with Crippen molar-refractivity contribution < 1.29 is 28.6 Å². The molecule has 14 heteroatoms. The maximum absolute atomic E-state index is 13.9. The Morgan fingerprint density at radius 2 is 1.56 bits per heavy atom. The third-order valence-corrected chi connectivity index (χ3v) is 10.4. The third-order valence-electron chi connectivity index (χ3n) is 8.71. The Labute approximate surface area is 322 Å². The van der Waals surface area contributed by atoms with E-state index in [1.807, 2.05) is 79.9 Å². The van der Waals surface area contributed by atoms with Gasteiger partial charge >= 0.3 is 12.1 Å². The van der Waals surface area contributed by atoms with Crippen LogP contribution in [0.3, 0.4) is 0 Å². The fourth-order valence-electron chi connectivity index (χ4n) is 5.83. The number of benzene rings is 3. The Bertz CT molecular complexity index is 1910. The van der Waals surface area contributed by atoms with E-state index in [2.05, 4.69) is 25.9 Å². The van der Waals surface area contributed by atoms with Gasteiger partial charge in [0.15, 0.2) is 0 Å². The monoisotopic (exact) mass is 772 g/mol. The lowest BCUT2D eigenvalue weighted by atomic mass is 9.93. The summed E-state index contributed by atoms with van der Waals surface area (Å²) in [6, 6.07) is 22.5. The lowest BCUT2D eigenvalue weighted by Gasteiger charge is -2.30. The number of aliphatic hydroxyl groups excluding tert-OH is 1. The number of halogens is 1. The minimum Gasteiger partial charge on any atom is -0.444 e. The van der Waals surface area contributed by atoms with Crippen LogP contribution >= 0.6 is 22.7 Å². The molecule has 54 heavy (non-hydrogen) atoms. The number of rotatable bonds is 17. The van der Waals surface area contributed by atoms with Crippen LogP contribution in [-0.2, 0) is 35.5 Å². The molecule has 0 unspecified atom stereocenters. The zero-order valence-electron chi connectivity index (χ0n) is 30.4. The van der Waals surface area contributed by atoms with Crippen LogP contribution in [0.4, 0.5) is 14.0 Å². The highest BCUT2D eigenvalue weighted by Crippen LogP contribution is 2.24. The Morgan fingerprint density at radius 3 is 2.19 bits per heavy atom. The van der Waals surface area contributed by atoms with Crippen LogP contribution in [0.5, 0.6) is 0 Å². The zero-order chi connectivity index (χ0) is 38.5. The number of nitrogens with zero attached hydrogens (tertiary/aromatic N) is 3. The first-order valence-corrected chi connectivity index (χ1v) is 19.4. The van der Waals surface area contributed by atoms with Gasteiger partial charge in [-0.25, -0.2) is 19.0 Å². The molecule has 0 radical (unpaired) electrons. The summed E-state index contributed by atoms with van der Waals surface area (Å²) in [5.74, 6) is -0.998. The third kappa shape index (κ3) is 12.2. The number of aliphatic hydroxyl groups is 1. The summed E-state index contributed by atoms with van der Waals surface area (Å²) in [5.41, 5.74) is 4.94. The molecule has 0 fully saturated rings. The number of alkyl carbamates (subject to hydrolysis) is 1. The minimum absolute atomic E-state index is 0.0512. The van der Waals surface area contributed by atoms with Gasteiger partial charge in [-0.05, 0) is 60.6 Å². The van der Waals surface area contributed by atoms with Gasteiger partial charge in [0.2, 0.25) is 5.91 Å². The standard InChI is InChI=1S/C40H45FN6O5S2/c1-26(2)36(46-39(50)47(3)22-32-24-53-38(44-32)29-14-16-30(41)17-15-29)37(49)43-31(18-27-10-6-4-7-11-27)20-35(48)34(19-28-12-8-5-9-13-28)45-40(51)52-23-33-21-42-25-54-33/h4-17,21,24-26,31,34-36,48H,18-20,22-23H2,1-3H3,(H,43,49)(H,45,51)(H,46,50)/t31-,34-,35-,36-/m0/s1. The predicted molar refractivity (Wildman–Crippen MR) is 208 cm³/mol. The Morgan fingerprint density at radius 1 is 0.889 bits per heavy atom. The Hall–Kier alpha value is -5.18. The molecule has 5 aromatic rings. The van der Waals surface area contributed by atoms with E-state index < -0.39 is 42.3 Å². The molecular weight excluding hydrogens is 728 g/mol. The van der Waals surface area contributed by atoms with Crippen LogP contribution in [0.25, 0.3) is 10.6 Å². The van der Waals surface area contributed by atoms with Crippen molar-refractivity contribution in [1.29, 1.82) is 0 Å². The number of thiazole rings is 2. The summed E-state index contributed by atoms with van der Waals surface area (Å²) in [7, 11) is 1.62. The van der Waals surface area contributed by atoms with Crippen LogP contribution in [0, 0.1) is 11.7 Å². The molecule has 4 amide bonds. The van der Waals surface area contributed by atoms with Crippen LogP contribution < -0.4 is 16.0 Å². The second kappa shape index (κ2) is 19.8. The van der Waals surface area contributed by atoms with Crippen LogP contribution in [0.15, 0.2) is 102 Å². The number of nitrogens with one attached hydrogen (secondary N) is 3. The number of hydrogen-bond acceptors (Lipinski definition) is 9. The van der Waals surface area contributed by atoms with Gasteiger partial charge in [-0.2, -0.15) is 0 Å². The van der Waals surface area contributed by atoms with Gasteiger partial charge in [-0.1, -0.05) is 74.5 Å². The molecular formula is C40H45FN6O5S2. The number of carbonyl (C=O) groups excluding carboxylic acids is 3. The minimum atomic E-state index is -1.08. The van der Waals surface area contributed by atoms with Crippen molar-refractivity contribution in [3.8, 4) is 10.6 Å². The first-order valence-electron chi connectivity index (χ1n) is 17.6. The quantitative estimate of drug-likeness (QED) is 0.0835. The van der Waals surface area contributed by atoms with Crippen LogP contribution in [0.1, 0.15) is 42.0 Å². The van der Waals surface area contributed by atoms with Crippen molar-refractivity contribution in [3.63, 3.8) is 0 Å². The van der Waals surface area contributed by atoms with E-state index in [9.17, 15) is 23.9 Å². The summed E-state index contributed by atoms with van der Waals surface area (Å²) >= 11 is 2.77. The van der Waals surface area contributed by atoms with E-state index in [0.29, 0.717) is 23.5 Å². The second-order valence-corrected chi connectivity index (χ2v) is 15.2. The second-order valence-electron chi connectivity index (χ2n) is 13.4. The first kappa shape index (κ1) is 40.0. The van der Waals surface area contributed by atoms with E-state index in [4.69, 9.17) is 4.74 Å². The van der Waals surface area contributed by atoms with Crippen LogP contribution in [0.2, 0.25) is 0 Å². The van der Waals surface area contributed by atoms with Crippen molar-refractivity contribution >= 4 is 40.7 Å². The van der Waals surface area contributed by atoms with Crippen molar-refractivity contribution in [2.75, 3.05) is 7.05 Å². The molecule has 0 saturated carbocycles. The first-order chi connectivity index (χ1) is 26.0. The Balaban J connectivity index is 1.26. The molecule has 3 aromatic carbocycles. The number of aromatic nitrogens is 2. The molecule has 0 aliphatic carbocycles. The molecule has 4 atom stereocenters. The molecule has 0 aliphatic rings. The van der Waals surface area contributed by atoms with E-state index in [1.165, 1.54) is 39.7 Å². The average molecular weight is 773 g/mol. The highest BCUT2D eigenvalue weighted by atomic mass is 32.1. The fourth-order valence-corrected chi connectivity index (χ4v) is 7.15. The highest BCUT2D eigenvalue weighted by Gasteiger charge is 2.31. The SMILES string of the molecule is CC(C)[C@H](NC(=O)N(C)Cc1csc(-c2ccc(F)cc2)n1)C(=O)N[C@@H](Cc1ccccc1)C[C@H](O)[C@H](Cc1ccccc1)NC(=O)OCc1cncs1. The van der Waals surface area contributed by atoms with Gasteiger partial charge in [-0.15, -0.1) is 22.7 Å². The number of urea groups is 1. The van der Waals surface area contributed by atoms with Gasteiger partial charge in [-0.3, -0.25) is 9.78 Å². The van der Waals surface area contributed by atoms with E-state index in [1.54, 1.807) is 30.9 Å². The molecule has 11 nitrogen and oxygen atoms in total. The summed E-state index contributed by atoms with van der Waals surface area (Å²) < 4.78 is 18.8. The number of carbonyl (C=O) groups is 3. The van der Waals surface area contributed by atoms with Gasteiger partial charge in [0.1, 0.15) is 23.5 Å². The van der Waals surface area contributed by atoms with Gasteiger partial charge in [0.05, 0.1) is 34.8 Å². The molecule has 284 valence electrons. The zero-order valence-corrected chi connectivity index (χ0v) is 32.0. The predicted octanol–water partition coefficient (Wildman–Crippen LogP) is 6.59. The Kier molecular flexibility index (Phi) is 14.6. The molecule has 0 spiro atoms. The van der Waals surface area contributed by atoms with Gasteiger partial charge in [0, 0.05) is 30.2 Å². The summed E-state index contributed by atoms with van der Waals surface area (Å²) in [6.45, 7) is 3.94. The summed E-state index contributed by atoms with van der Waals surface area (Å²) in [5, 5.41) is 23.1. The molecule has 0 bridgehead atoms. The maximum atomic E-state index is 13.9. The number of hydrogen-bond donors (Lipinski definition) is 4. The van der Waals surface area contributed by atoms with E-state index in [-0.39, 0.29) is 31.3 Å². The molecule has 2 aromatic heterocycles. The van der Waals surface area contributed by atoms with Crippen molar-refractivity contribution in [2.45, 2.75) is 70.5 Å². The van der Waals surface area contributed by atoms with Crippen molar-refractivity contribution in [2.24, 2.45) is 5.92 Å². The molecule has 5 rings (SSSR count). The molecule has 0 aliphatic heterocycles. The van der Waals surface area contributed by atoms with Gasteiger partial charge in [0.25, 0.3) is 0 Å². The highest BCUT2D eigenvalue weighted by molar-refractivity contribution is 7.13.